The molecule has 0 fully saturated rings. The van der Waals surface area contributed by atoms with Crippen LogP contribution in [0.2, 0.25) is 0 Å². The normalized spacial score (nSPS) is 8.28. The molecular weight excluding hydrogens is 250 g/mol. The van der Waals surface area contributed by atoms with E-state index in [4.69, 9.17) is 0 Å². The Morgan fingerprint density at radius 3 is 1.39 bits per heavy atom. The molecule has 0 radical (unpaired) electrons. The molecule has 0 aromatic heterocycles. The quantitative estimate of drug-likeness (QED) is 0.799. The number of likely N-dealkylation sites (N-methyl/N-ethyl adjacent to an activating group) is 1. The van der Waals surface area contributed by atoms with Crippen LogP contribution >= 0.6 is 12.4 Å². The van der Waals surface area contributed by atoms with Crippen LogP contribution in [0.3, 0.4) is 0 Å². The molecule has 4 nitrogen and oxygen atoms in total. The van der Waals surface area contributed by atoms with Gasteiger partial charge >= 0.3 is 0 Å². The lowest BCUT2D eigenvalue weighted by molar-refractivity contribution is -0.116. The summed E-state index contributed by atoms with van der Waals surface area (Å²) in [5.74, 6) is -0.109. The zero-order valence-corrected chi connectivity index (χ0v) is 13.9. The molecule has 0 heterocycles. The summed E-state index contributed by atoms with van der Waals surface area (Å²) in [5, 5.41) is 2.54. The number of halogens is 1. The van der Waals surface area contributed by atoms with Crippen molar-refractivity contribution >= 4 is 18.3 Å². The Balaban J connectivity index is -0.0000000813. The van der Waals surface area contributed by atoms with E-state index in [1.54, 1.807) is 0 Å². The second-order valence-corrected chi connectivity index (χ2v) is 3.89. The van der Waals surface area contributed by atoms with E-state index >= 15 is 0 Å². The number of nitrogens with one attached hydrogen (secondary N) is 1. The highest BCUT2D eigenvalue weighted by atomic mass is 35.5. The molecule has 0 bridgehead atoms. The number of amides is 1. The standard InChI is InChI=1S/C5H9NO.2C4H11N.ClH/c1-3-5(7)6-4-2;2*1-4-5(2)3;/h3H,1,4H2,2H3,(H,6,7);2*4H2,1-3H3;1H. The van der Waals surface area contributed by atoms with Gasteiger partial charge in [0.15, 0.2) is 0 Å². The summed E-state index contributed by atoms with van der Waals surface area (Å²) < 4.78 is 0. The molecule has 0 aliphatic rings. The molecule has 0 saturated carbocycles. The topological polar surface area (TPSA) is 35.6 Å². The van der Waals surface area contributed by atoms with Gasteiger partial charge in [0.2, 0.25) is 5.91 Å². The van der Waals surface area contributed by atoms with Crippen molar-refractivity contribution in [2.45, 2.75) is 20.8 Å². The van der Waals surface area contributed by atoms with Crippen LogP contribution in [-0.4, -0.2) is 63.5 Å². The monoisotopic (exact) mass is 281 g/mol. The molecule has 1 amide bonds. The Morgan fingerprint density at radius 2 is 1.33 bits per heavy atom. The van der Waals surface area contributed by atoms with E-state index in [0.717, 1.165) is 13.1 Å². The highest BCUT2D eigenvalue weighted by Crippen LogP contribution is 1.64. The average molecular weight is 282 g/mol. The second-order valence-electron chi connectivity index (χ2n) is 3.89. The summed E-state index contributed by atoms with van der Waals surface area (Å²) in [6.45, 7) is 12.3. The van der Waals surface area contributed by atoms with Gasteiger partial charge in [-0.3, -0.25) is 4.79 Å². The van der Waals surface area contributed by atoms with Gasteiger partial charge in [-0.25, -0.2) is 0 Å². The lowest BCUT2D eigenvalue weighted by atomic mass is 10.6. The van der Waals surface area contributed by atoms with Crippen molar-refractivity contribution in [3.05, 3.63) is 12.7 Å². The van der Waals surface area contributed by atoms with E-state index in [9.17, 15) is 4.79 Å². The van der Waals surface area contributed by atoms with Crippen LogP contribution in [0.25, 0.3) is 0 Å². The van der Waals surface area contributed by atoms with Gasteiger partial charge in [-0.05, 0) is 54.3 Å². The molecule has 18 heavy (non-hydrogen) atoms. The van der Waals surface area contributed by atoms with Gasteiger partial charge in [0.1, 0.15) is 0 Å². The summed E-state index contributed by atoms with van der Waals surface area (Å²) in [4.78, 5) is 14.4. The summed E-state index contributed by atoms with van der Waals surface area (Å²) in [7, 11) is 8.22. The minimum absolute atomic E-state index is 0. The predicted octanol–water partition coefficient (Wildman–Crippen LogP) is 1.87. The zero-order chi connectivity index (χ0) is 14.3. The van der Waals surface area contributed by atoms with Crippen LogP contribution in [0.15, 0.2) is 12.7 Å². The number of nitrogens with zero attached hydrogens (tertiary/aromatic N) is 2. The molecule has 0 spiro atoms. The Labute approximate surface area is 120 Å². The fraction of sp³-hybridized carbons (Fsp3) is 0.769. The number of carbonyl (C=O) groups excluding carboxylic acids is 1. The molecule has 0 unspecified atom stereocenters. The molecular formula is C13H32ClN3O. The van der Waals surface area contributed by atoms with E-state index in [0.29, 0.717) is 6.54 Å². The van der Waals surface area contributed by atoms with Gasteiger partial charge in [0, 0.05) is 6.54 Å². The van der Waals surface area contributed by atoms with Crippen LogP contribution in [0, 0.1) is 0 Å². The van der Waals surface area contributed by atoms with E-state index in [-0.39, 0.29) is 18.3 Å². The Morgan fingerprint density at radius 1 is 1.06 bits per heavy atom. The van der Waals surface area contributed by atoms with Gasteiger partial charge < -0.3 is 15.1 Å². The third-order valence-corrected chi connectivity index (χ3v) is 1.80. The molecule has 0 saturated heterocycles. The molecule has 5 heteroatoms. The molecule has 0 aromatic carbocycles. The van der Waals surface area contributed by atoms with E-state index in [1.165, 1.54) is 6.08 Å². The van der Waals surface area contributed by atoms with Crippen LogP contribution in [0.4, 0.5) is 0 Å². The van der Waals surface area contributed by atoms with Gasteiger partial charge in [-0.2, -0.15) is 0 Å². The first-order valence-corrected chi connectivity index (χ1v) is 6.05. The SMILES string of the molecule is C=CC(=O)NCC.CCN(C)C.CCN(C)C.Cl. The van der Waals surface area contributed by atoms with Gasteiger partial charge in [0.25, 0.3) is 0 Å². The lowest BCUT2D eigenvalue weighted by Gasteiger charge is -2.00. The van der Waals surface area contributed by atoms with Gasteiger partial charge in [0.05, 0.1) is 0 Å². The number of hydrogen-bond donors (Lipinski definition) is 1. The number of carbonyl (C=O) groups is 1. The lowest BCUT2D eigenvalue weighted by Crippen LogP contribution is -2.19. The van der Waals surface area contributed by atoms with E-state index in [1.807, 2.05) is 6.92 Å². The highest BCUT2D eigenvalue weighted by molar-refractivity contribution is 5.86. The first kappa shape index (κ1) is 26.1. The number of hydrogen-bond acceptors (Lipinski definition) is 3. The summed E-state index contributed by atoms with van der Waals surface area (Å²) in [6.07, 6.45) is 1.25. The van der Waals surface area contributed by atoms with Crippen LogP contribution in [0.1, 0.15) is 20.8 Å². The van der Waals surface area contributed by atoms with Crippen molar-refractivity contribution in [1.29, 1.82) is 0 Å². The molecule has 0 aromatic rings. The third-order valence-electron chi connectivity index (χ3n) is 1.80. The first-order chi connectivity index (χ1) is 7.85. The van der Waals surface area contributed by atoms with Crippen molar-refractivity contribution in [3.63, 3.8) is 0 Å². The maximum absolute atomic E-state index is 10.2. The Bertz CT molecular complexity index is 166. The molecule has 0 aliphatic carbocycles. The molecule has 0 atom stereocenters. The fourth-order valence-corrected chi connectivity index (χ4v) is 0.246. The molecule has 112 valence electrons. The van der Waals surface area contributed by atoms with Crippen LogP contribution in [0.5, 0.6) is 0 Å². The molecule has 1 N–H and O–H groups in total. The number of rotatable bonds is 4. The van der Waals surface area contributed by atoms with Crippen molar-refractivity contribution < 1.29 is 4.79 Å². The van der Waals surface area contributed by atoms with Crippen molar-refractivity contribution in [3.8, 4) is 0 Å². The predicted molar refractivity (Wildman–Crippen MR) is 84.6 cm³/mol. The van der Waals surface area contributed by atoms with E-state index < -0.39 is 0 Å². The minimum Gasteiger partial charge on any atom is -0.353 e. The van der Waals surface area contributed by atoms with Crippen molar-refractivity contribution in [2.75, 3.05) is 47.8 Å². The highest BCUT2D eigenvalue weighted by Gasteiger charge is 1.83. The molecule has 0 aliphatic heterocycles. The second kappa shape index (κ2) is 21.7. The average Bonchev–Trinajstić information content (AvgIpc) is 2.30. The summed E-state index contributed by atoms with van der Waals surface area (Å²) >= 11 is 0. The fourth-order valence-electron chi connectivity index (χ4n) is 0.246. The third kappa shape index (κ3) is 45.2. The largest absolute Gasteiger partial charge is 0.353 e. The minimum atomic E-state index is -0.109. The smallest absolute Gasteiger partial charge is 0.243 e. The maximum atomic E-state index is 10.2. The zero-order valence-electron chi connectivity index (χ0n) is 13.1. The summed E-state index contributed by atoms with van der Waals surface area (Å²) in [6, 6.07) is 0. The molecule has 0 rings (SSSR count). The van der Waals surface area contributed by atoms with Crippen LogP contribution < -0.4 is 5.32 Å². The summed E-state index contributed by atoms with van der Waals surface area (Å²) in [5.41, 5.74) is 0. The Hall–Kier alpha value is -0.580. The maximum Gasteiger partial charge on any atom is 0.243 e. The van der Waals surface area contributed by atoms with Crippen LogP contribution in [-0.2, 0) is 4.79 Å². The van der Waals surface area contributed by atoms with Gasteiger partial charge in [-0.1, -0.05) is 20.4 Å². The van der Waals surface area contributed by atoms with Crippen molar-refractivity contribution in [2.24, 2.45) is 0 Å². The Kier molecular flexibility index (Phi) is 31.4. The van der Waals surface area contributed by atoms with E-state index in [2.05, 4.69) is 63.7 Å². The van der Waals surface area contributed by atoms with Gasteiger partial charge in [-0.15, -0.1) is 12.4 Å². The van der Waals surface area contributed by atoms with Crippen molar-refractivity contribution in [1.82, 2.24) is 15.1 Å². The first-order valence-electron chi connectivity index (χ1n) is 6.05.